The second-order valence-corrected chi connectivity index (χ2v) is 5.13. The van der Waals surface area contributed by atoms with E-state index in [9.17, 15) is 14.7 Å². The smallest absolute Gasteiger partial charge is 0.317 e. The standard InChI is InChI=1S/C19H18O4/c1-3-23-19(22)13(2)15-10-7-11-16(12-15)18(21)17(20)14-8-5-4-6-9-14/h3-13,18,21H,1H2,2H3. The molecule has 0 saturated heterocycles. The maximum absolute atomic E-state index is 12.3. The van der Waals surface area contributed by atoms with Gasteiger partial charge in [-0.3, -0.25) is 9.59 Å². The molecule has 2 atom stereocenters. The number of rotatable bonds is 6. The Hall–Kier alpha value is -2.72. The van der Waals surface area contributed by atoms with Crippen molar-refractivity contribution in [1.82, 2.24) is 0 Å². The molecule has 0 bridgehead atoms. The van der Waals surface area contributed by atoms with Crippen LogP contribution in [0.5, 0.6) is 0 Å². The minimum atomic E-state index is -1.28. The van der Waals surface area contributed by atoms with Crippen molar-refractivity contribution >= 4 is 11.8 Å². The summed E-state index contributed by atoms with van der Waals surface area (Å²) in [6, 6.07) is 15.3. The highest BCUT2D eigenvalue weighted by atomic mass is 16.5. The summed E-state index contributed by atoms with van der Waals surface area (Å²) in [5.74, 6) is -1.35. The molecule has 2 rings (SSSR count). The molecule has 2 aromatic rings. The Labute approximate surface area is 135 Å². The lowest BCUT2D eigenvalue weighted by Gasteiger charge is -2.14. The maximum atomic E-state index is 12.3. The van der Waals surface area contributed by atoms with E-state index in [0.29, 0.717) is 16.7 Å². The number of esters is 1. The van der Waals surface area contributed by atoms with E-state index >= 15 is 0 Å². The first-order valence-corrected chi connectivity index (χ1v) is 7.23. The van der Waals surface area contributed by atoms with Gasteiger partial charge in [-0.05, 0) is 18.1 Å². The van der Waals surface area contributed by atoms with Gasteiger partial charge in [0.25, 0.3) is 0 Å². The molecule has 4 nitrogen and oxygen atoms in total. The molecule has 0 aliphatic rings. The summed E-state index contributed by atoms with van der Waals surface area (Å²) in [7, 11) is 0. The summed E-state index contributed by atoms with van der Waals surface area (Å²) >= 11 is 0. The predicted octanol–water partition coefficient (Wildman–Crippen LogP) is 3.39. The van der Waals surface area contributed by atoms with Crippen LogP contribution in [0.4, 0.5) is 0 Å². The lowest BCUT2D eigenvalue weighted by atomic mass is 9.94. The Morgan fingerprint density at radius 2 is 1.74 bits per heavy atom. The molecule has 0 fully saturated rings. The van der Waals surface area contributed by atoms with Crippen LogP contribution in [0.25, 0.3) is 0 Å². The number of aliphatic hydroxyl groups is 1. The molecule has 0 amide bonds. The third-order valence-corrected chi connectivity index (χ3v) is 3.59. The molecule has 4 heteroatoms. The Balaban J connectivity index is 2.23. The quantitative estimate of drug-likeness (QED) is 0.504. The SMILES string of the molecule is C=COC(=O)C(C)c1cccc(C(O)C(=O)c2ccccc2)c1. The van der Waals surface area contributed by atoms with Crippen LogP contribution < -0.4 is 0 Å². The van der Waals surface area contributed by atoms with Gasteiger partial charge in [0, 0.05) is 5.56 Å². The molecule has 23 heavy (non-hydrogen) atoms. The van der Waals surface area contributed by atoms with Crippen LogP contribution in [0, 0.1) is 0 Å². The first-order valence-electron chi connectivity index (χ1n) is 7.23. The number of aliphatic hydroxyl groups excluding tert-OH is 1. The first kappa shape index (κ1) is 16.6. The summed E-state index contributed by atoms with van der Waals surface area (Å²) in [6.07, 6.45) is -0.198. The molecule has 0 aromatic heterocycles. The third-order valence-electron chi connectivity index (χ3n) is 3.59. The molecule has 2 unspecified atom stereocenters. The van der Waals surface area contributed by atoms with Gasteiger partial charge in [0.05, 0.1) is 12.2 Å². The monoisotopic (exact) mass is 310 g/mol. The van der Waals surface area contributed by atoms with Gasteiger partial charge in [-0.2, -0.15) is 0 Å². The molecule has 0 radical (unpaired) electrons. The van der Waals surface area contributed by atoms with E-state index in [1.807, 2.05) is 0 Å². The number of carbonyl (C=O) groups excluding carboxylic acids is 2. The van der Waals surface area contributed by atoms with E-state index in [1.165, 1.54) is 0 Å². The van der Waals surface area contributed by atoms with E-state index in [2.05, 4.69) is 6.58 Å². The second-order valence-electron chi connectivity index (χ2n) is 5.13. The Morgan fingerprint density at radius 3 is 2.39 bits per heavy atom. The van der Waals surface area contributed by atoms with Crippen LogP contribution in [0.2, 0.25) is 0 Å². The number of ketones is 1. The van der Waals surface area contributed by atoms with Gasteiger partial charge in [-0.1, -0.05) is 61.2 Å². The van der Waals surface area contributed by atoms with Crippen LogP contribution >= 0.6 is 0 Å². The van der Waals surface area contributed by atoms with Gasteiger partial charge in [0.1, 0.15) is 6.10 Å². The zero-order valence-electron chi connectivity index (χ0n) is 12.8. The Bertz CT molecular complexity index is 706. The van der Waals surface area contributed by atoms with Crippen molar-refractivity contribution in [3.63, 3.8) is 0 Å². The van der Waals surface area contributed by atoms with Crippen molar-refractivity contribution in [2.75, 3.05) is 0 Å². The third kappa shape index (κ3) is 3.93. The predicted molar refractivity (Wildman–Crippen MR) is 86.9 cm³/mol. The van der Waals surface area contributed by atoms with Crippen LogP contribution in [0.15, 0.2) is 67.4 Å². The van der Waals surface area contributed by atoms with Crippen molar-refractivity contribution in [1.29, 1.82) is 0 Å². The number of ether oxygens (including phenoxy) is 1. The second kappa shape index (κ2) is 7.51. The zero-order valence-corrected chi connectivity index (χ0v) is 12.8. The van der Waals surface area contributed by atoms with Gasteiger partial charge < -0.3 is 9.84 Å². The number of hydrogen-bond acceptors (Lipinski definition) is 4. The fraction of sp³-hybridized carbons (Fsp3) is 0.158. The van der Waals surface area contributed by atoms with E-state index < -0.39 is 18.0 Å². The molecule has 0 saturated carbocycles. The Morgan fingerprint density at radius 1 is 1.09 bits per heavy atom. The zero-order chi connectivity index (χ0) is 16.8. The molecule has 0 aliphatic heterocycles. The van der Waals surface area contributed by atoms with Crippen LogP contribution in [-0.2, 0) is 9.53 Å². The van der Waals surface area contributed by atoms with Crippen LogP contribution in [0.3, 0.4) is 0 Å². The minimum Gasteiger partial charge on any atom is -0.435 e. The lowest BCUT2D eigenvalue weighted by molar-refractivity contribution is -0.139. The topological polar surface area (TPSA) is 63.6 Å². The molecule has 0 heterocycles. The number of Topliss-reactive ketones (excluding diaryl/α,β-unsaturated/α-hetero) is 1. The lowest BCUT2D eigenvalue weighted by Crippen LogP contribution is -2.14. The Kier molecular flexibility index (Phi) is 5.44. The van der Waals surface area contributed by atoms with Gasteiger partial charge >= 0.3 is 5.97 Å². The van der Waals surface area contributed by atoms with E-state index in [0.717, 1.165) is 6.26 Å². The molecule has 0 aliphatic carbocycles. The van der Waals surface area contributed by atoms with E-state index in [1.54, 1.807) is 61.5 Å². The van der Waals surface area contributed by atoms with Crippen LogP contribution in [0.1, 0.15) is 40.4 Å². The van der Waals surface area contributed by atoms with Gasteiger partial charge in [-0.25, -0.2) is 0 Å². The summed E-state index contributed by atoms with van der Waals surface area (Å²) in [5.41, 5.74) is 1.54. The largest absolute Gasteiger partial charge is 0.435 e. The highest BCUT2D eigenvalue weighted by Crippen LogP contribution is 2.24. The van der Waals surface area contributed by atoms with Crippen molar-refractivity contribution in [3.05, 3.63) is 84.1 Å². The highest BCUT2D eigenvalue weighted by molar-refractivity contribution is 5.99. The normalized spacial score (nSPS) is 13.0. The van der Waals surface area contributed by atoms with E-state index in [-0.39, 0.29) is 5.78 Å². The van der Waals surface area contributed by atoms with Crippen molar-refractivity contribution in [2.45, 2.75) is 18.9 Å². The first-order chi connectivity index (χ1) is 11.0. The minimum absolute atomic E-state index is 0.385. The fourth-order valence-electron chi connectivity index (χ4n) is 2.23. The van der Waals surface area contributed by atoms with Crippen molar-refractivity contribution in [3.8, 4) is 0 Å². The average molecular weight is 310 g/mol. The van der Waals surface area contributed by atoms with Crippen LogP contribution in [-0.4, -0.2) is 16.9 Å². The summed E-state index contributed by atoms with van der Waals surface area (Å²) < 4.78 is 4.77. The highest BCUT2D eigenvalue weighted by Gasteiger charge is 2.21. The molecular formula is C19H18O4. The fourth-order valence-corrected chi connectivity index (χ4v) is 2.23. The van der Waals surface area contributed by atoms with Crippen molar-refractivity contribution < 1.29 is 19.4 Å². The average Bonchev–Trinajstić information content (AvgIpc) is 2.60. The summed E-state index contributed by atoms with van der Waals surface area (Å²) in [4.78, 5) is 24.1. The van der Waals surface area contributed by atoms with Gasteiger partial charge in [-0.15, -0.1) is 0 Å². The molecule has 2 aromatic carbocycles. The van der Waals surface area contributed by atoms with E-state index in [4.69, 9.17) is 4.74 Å². The molecule has 0 spiro atoms. The van der Waals surface area contributed by atoms with Gasteiger partial charge in [0.2, 0.25) is 0 Å². The summed E-state index contributed by atoms with van der Waals surface area (Å²) in [6.45, 7) is 5.04. The maximum Gasteiger partial charge on any atom is 0.317 e. The number of benzene rings is 2. The van der Waals surface area contributed by atoms with Crippen molar-refractivity contribution in [2.24, 2.45) is 0 Å². The molecule has 118 valence electrons. The molecule has 1 N–H and O–H groups in total. The summed E-state index contributed by atoms with van der Waals surface area (Å²) in [5, 5.41) is 10.3. The van der Waals surface area contributed by atoms with Gasteiger partial charge in [0.15, 0.2) is 5.78 Å². The number of hydrogen-bond donors (Lipinski definition) is 1. The number of carbonyl (C=O) groups is 2. The molecular weight excluding hydrogens is 292 g/mol.